The number of halogens is 1. The number of benzene rings is 2. The molecule has 3 fully saturated rings. The highest BCUT2D eigenvalue weighted by atomic mass is 19.1. The zero-order valence-electron chi connectivity index (χ0n) is 25.8. The minimum atomic E-state index is -0.431. The van der Waals surface area contributed by atoms with E-state index in [9.17, 15) is 14.0 Å². The minimum absolute atomic E-state index is 0.0149. The van der Waals surface area contributed by atoms with Gasteiger partial charge in [0.15, 0.2) is 17.3 Å². The van der Waals surface area contributed by atoms with Crippen molar-refractivity contribution in [2.75, 3.05) is 38.6 Å². The number of nitrogens with one attached hydrogen (secondary N) is 3. The van der Waals surface area contributed by atoms with Gasteiger partial charge in [0, 0.05) is 37.8 Å². The standard InChI is InChI=1S/C34H43FN6O4/c1-44-29-16-8-14-27(30(29)35)37-18-17-24-21-36-19-20-40(24)33(42)31-32(23-9-3-2-4-10-23)41(22-38-31)28-15-6-5-13-26(28)39-34(43)45-25-11-7-12-25/h2-4,8-10,14,16,22,24-26,28,36-37H,5-7,11-13,15,17-21H2,1H3,(H,39,43)/t24-,26+,28+/m1/s1. The molecule has 0 spiro atoms. The van der Waals surface area contributed by atoms with Crippen LogP contribution in [0.15, 0.2) is 54.9 Å². The Morgan fingerprint density at radius 2 is 1.87 bits per heavy atom. The Kier molecular flexibility index (Phi) is 9.83. The van der Waals surface area contributed by atoms with Crippen molar-refractivity contribution in [3.8, 4) is 17.0 Å². The van der Waals surface area contributed by atoms with Crippen molar-refractivity contribution in [1.29, 1.82) is 0 Å². The second kappa shape index (κ2) is 14.3. The highest BCUT2D eigenvalue weighted by molar-refractivity contribution is 5.98. The number of hydrogen-bond acceptors (Lipinski definition) is 7. The van der Waals surface area contributed by atoms with Crippen LogP contribution >= 0.6 is 0 Å². The molecule has 2 saturated carbocycles. The molecule has 1 aromatic heterocycles. The van der Waals surface area contributed by atoms with Crippen LogP contribution in [0, 0.1) is 5.82 Å². The Balaban J connectivity index is 1.23. The first kappa shape index (κ1) is 30.9. The van der Waals surface area contributed by atoms with Gasteiger partial charge < -0.3 is 34.9 Å². The average molecular weight is 619 g/mol. The minimum Gasteiger partial charge on any atom is -0.494 e. The lowest BCUT2D eigenvalue weighted by molar-refractivity contribution is 0.0474. The zero-order chi connectivity index (χ0) is 31.2. The van der Waals surface area contributed by atoms with Crippen LogP contribution in [0.3, 0.4) is 0 Å². The summed E-state index contributed by atoms with van der Waals surface area (Å²) in [6.45, 7) is 2.33. The van der Waals surface area contributed by atoms with Gasteiger partial charge in [0.1, 0.15) is 6.10 Å². The summed E-state index contributed by atoms with van der Waals surface area (Å²) in [7, 11) is 1.44. The zero-order valence-corrected chi connectivity index (χ0v) is 25.8. The number of rotatable bonds is 10. The number of aromatic nitrogens is 2. The fraction of sp³-hybridized carbons (Fsp3) is 0.500. The van der Waals surface area contributed by atoms with Gasteiger partial charge in [-0.3, -0.25) is 4.79 Å². The molecule has 6 rings (SSSR count). The third-order valence-electron chi connectivity index (χ3n) is 9.35. The first-order chi connectivity index (χ1) is 22.0. The van der Waals surface area contributed by atoms with Crippen LogP contribution in [0.25, 0.3) is 11.3 Å². The first-order valence-electron chi connectivity index (χ1n) is 16.2. The van der Waals surface area contributed by atoms with E-state index in [1.807, 2.05) is 35.2 Å². The largest absolute Gasteiger partial charge is 0.494 e. The van der Waals surface area contributed by atoms with Crippen molar-refractivity contribution in [3.05, 3.63) is 66.4 Å². The summed E-state index contributed by atoms with van der Waals surface area (Å²) in [6.07, 6.45) is 8.72. The van der Waals surface area contributed by atoms with Crippen molar-refractivity contribution in [1.82, 2.24) is 25.1 Å². The van der Waals surface area contributed by atoms with Gasteiger partial charge in [-0.15, -0.1) is 0 Å². The van der Waals surface area contributed by atoms with Crippen molar-refractivity contribution in [2.24, 2.45) is 0 Å². The van der Waals surface area contributed by atoms with Crippen LogP contribution in [0.5, 0.6) is 5.75 Å². The summed E-state index contributed by atoms with van der Waals surface area (Å²) in [6, 6.07) is 14.6. The van der Waals surface area contributed by atoms with Crippen LogP contribution in [0.1, 0.15) is 67.9 Å². The maximum absolute atomic E-state index is 14.7. The van der Waals surface area contributed by atoms with Gasteiger partial charge in [-0.2, -0.15) is 0 Å². The number of piperazine rings is 1. The number of nitrogens with zero attached hydrogens (tertiary/aromatic N) is 3. The Bertz CT molecular complexity index is 1460. The lowest BCUT2D eigenvalue weighted by Crippen LogP contribution is -2.54. The molecule has 45 heavy (non-hydrogen) atoms. The summed E-state index contributed by atoms with van der Waals surface area (Å²) < 4.78 is 27.5. The number of carbonyl (C=O) groups is 2. The van der Waals surface area contributed by atoms with Gasteiger partial charge in [-0.25, -0.2) is 14.2 Å². The number of ether oxygens (including phenoxy) is 2. The van der Waals surface area contributed by atoms with Crippen LogP contribution in [-0.4, -0.2) is 77.9 Å². The quantitative estimate of drug-likeness (QED) is 0.280. The molecule has 2 aromatic carbocycles. The molecule has 2 aliphatic carbocycles. The molecule has 1 saturated heterocycles. The summed E-state index contributed by atoms with van der Waals surface area (Å²) in [5, 5.41) is 9.72. The normalized spacial score (nSPS) is 21.9. The van der Waals surface area contributed by atoms with Gasteiger partial charge in [-0.1, -0.05) is 49.2 Å². The van der Waals surface area contributed by atoms with E-state index in [4.69, 9.17) is 14.5 Å². The van der Waals surface area contributed by atoms with Crippen molar-refractivity contribution in [2.45, 2.75) is 75.6 Å². The molecule has 0 radical (unpaired) electrons. The molecule has 1 aliphatic heterocycles. The van der Waals surface area contributed by atoms with Gasteiger partial charge in [-0.05, 0) is 50.7 Å². The third-order valence-corrected chi connectivity index (χ3v) is 9.35. The highest BCUT2D eigenvalue weighted by Crippen LogP contribution is 2.35. The first-order valence-corrected chi connectivity index (χ1v) is 16.2. The van der Waals surface area contributed by atoms with E-state index in [0.717, 1.165) is 56.2 Å². The monoisotopic (exact) mass is 618 g/mol. The summed E-state index contributed by atoms with van der Waals surface area (Å²) >= 11 is 0. The lowest BCUT2D eigenvalue weighted by Gasteiger charge is -2.37. The van der Waals surface area contributed by atoms with E-state index in [0.29, 0.717) is 44.0 Å². The number of alkyl carbamates (subject to hydrolysis) is 1. The van der Waals surface area contributed by atoms with E-state index < -0.39 is 5.82 Å². The molecule has 240 valence electrons. The molecule has 3 atom stereocenters. The van der Waals surface area contributed by atoms with Gasteiger partial charge in [0.2, 0.25) is 0 Å². The van der Waals surface area contributed by atoms with Crippen LogP contribution in [0.4, 0.5) is 14.9 Å². The van der Waals surface area contributed by atoms with E-state index in [1.165, 1.54) is 7.11 Å². The molecule has 0 unspecified atom stereocenters. The topological polar surface area (TPSA) is 110 Å². The summed E-state index contributed by atoms with van der Waals surface area (Å²) in [5.74, 6) is -0.373. The van der Waals surface area contributed by atoms with Crippen molar-refractivity contribution < 1.29 is 23.5 Å². The highest BCUT2D eigenvalue weighted by Gasteiger charge is 2.35. The molecule has 3 N–H and O–H groups in total. The summed E-state index contributed by atoms with van der Waals surface area (Å²) in [4.78, 5) is 33.7. The molecule has 10 nitrogen and oxygen atoms in total. The van der Waals surface area contributed by atoms with Gasteiger partial charge in [0.25, 0.3) is 5.91 Å². The van der Waals surface area contributed by atoms with E-state index >= 15 is 0 Å². The number of anilines is 1. The van der Waals surface area contributed by atoms with Crippen LogP contribution in [0.2, 0.25) is 0 Å². The number of carbonyl (C=O) groups excluding carboxylic acids is 2. The fourth-order valence-corrected chi connectivity index (χ4v) is 6.69. The summed E-state index contributed by atoms with van der Waals surface area (Å²) in [5.41, 5.74) is 2.44. The fourth-order valence-electron chi connectivity index (χ4n) is 6.69. The predicted octanol–water partition coefficient (Wildman–Crippen LogP) is 5.38. The lowest BCUT2D eigenvalue weighted by atomic mass is 9.89. The maximum Gasteiger partial charge on any atom is 0.407 e. The second-order valence-electron chi connectivity index (χ2n) is 12.2. The Hall–Kier alpha value is -4.12. The molecule has 2 amide bonds. The van der Waals surface area contributed by atoms with E-state index in [-0.39, 0.29) is 42.0 Å². The van der Waals surface area contributed by atoms with Crippen molar-refractivity contribution in [3.63, 3.8) is 0 Å². The van der Waals surface area contributed by atoms with Crippen molar-refractivity contribution >= 4 is 17.7 Å². The number of hydrogen-bond donors (Lipinski definition) is 3. The Labute approximate surface area is 263 Å². The van der Waals surface area contributed by atoms with E-state index in [2.05, 4.69) is 20.5 Å². The number of methoxy groups -OCH3 is 1. The Morgan fingerprint density at radius 3 is 2.64 bits per heavy atom. The number of amides is 2. The third kappa shape index (κ3) is 6.93. The molecular formula is C34H43FN6O4. The van der Waals surface area contributed by atoms with Crippen LogP contribution in [-0.2, 0) is 4.74 Å². The van der Waals surface area contributed by atoms with E-state index in [1.54, 1.807) is 24.5 Å². The molecule has 11 heteroatoms. The Morgan fingerprint density at radius 1 is 1.04 bits per heavy atom. The van der Waals surface area contributed by atoms with Crippen LogP contribution < -0.4 is 20.7 Å². The second-order valence-corrected chi connectivity index (χ2v) is 12.2. The SMILES string of the molecule is COc1cccc(NCC[C@@H]2CNCCN2C(=O)c2ncn([C@H]3CCCC[C@@H]3NC(=O)OC3CCC3)c2-c2ccccc2)c1F. The molecule has 3 aromatic rings. The molecular weight excluding hydrogens is 575 g/mol. The van der Waals surface area contributed by atoms with Gasteiger partial charge >= 0.3 is 6.09 Å². The predicted molar refractivity (Wildman–Crippen MR) is 170 cm³/mol. The smallest absolute Gasteiger partial charge is 0.407 e. The maximum atomic E-state index is 14.7. The number of imidazole rings is 1. The molecule has 3 aliphatic rings. The van der Waals surface area contributed by atoms with Gasteiger partial charge in [0.05, 0.1) is 36.9 Å². The average Bonchev–Trinajstić information content (AvgIpc) is 3.49. The molecule has 2 heterocycles. The molecule has 0 bridgehead atoms.